The van der Waals surface area contributed by atoms with E-state index in [0.29, 0.717) is 5.69 Å². The number of carbonyl (C=O) groups excluding carboxylic acids is 1. The van der Waals surface area contributed by atoms with Crippen molar-refractivity contribution in [3.63, 3.8) is 0 Å². The average Bonchev–Trinajstić information content (AvgIpc) is 2.48. The Bertz CT molecular complexity index is 618. The standard InChI is InChI=1S/C18H21NO2/c1-13(20)14-8-7-11-16(12-14)19-17(21)18(2,3)15-9-5-4-6-10-15/h4-13,20H,1-3H3,(H,19,21). The maximum atomic E-state index is 12.5. The van der Waals surface area contributed by atoms with Gasteiger partial charge in [-0.25, -0.2) is 0 Å². The van der Waals surface area contributed by atoms with Crippen LogP contribution in [0.2, 0.25) is 0 Å². The second-order valence-electron chi connectivity index (χ2n) is 5.75. The maximum Gasteiger partial charge on any atom is 0.234 e. The van der Waals surface area contributed by atoms with Crippen molar-refractivity contribution >= 4 is 11.6 Å². The van der Waals surface area contributed by atoms with Crippen molar-refractivity contribution in [3.05, 3.63) is 65.7 Å². The van der Waals surface area contributed by atoms with Crippen LogP contribution in [-0.2, 0) is 10.2 Å². The Balaban J connectivity index is 2.20. The van der Waals surface area contributed by atoms with Gasteiger partial charge in [-0.2, -0.15) is 0 Å². The van der Waals surface area contributed by atoms with E-state index in [1.165, 1.54) is 0 Å². The summed E-state index contributed by atoms with van der Waals surface area (Å²) in [5, 5.41) is 12.5. The summed E-state index contributed by atoms with van der Waals surface area (Å²) in [6.07, 6.45) is -0.552. The number of benzene rings is 2. The van der Waals surface area contributed by atoms with Crippen LogP contribution in [0.5, 0.6) is 0 Å². The summed E-state index contributed by atoms with van der Waals surface area (Å²) < 4.78 is 0. The fourth-order valence-electron chi connectivity index (χ4n) is 2.15. The monoisotopic (exact) mass is 283 g/mol. The molecule has 0 aliphatic heterocycles. The second kappa shape index (κ2) is 6.10. The minimum absolute atomic E-state index is 0.0727. The predicted octanol–water partition coefficient (Wildman–Crippen LogP) is 3.66. The summed E-state index contributed by atoms with van der Waals surface area (Å²) in [6.45, 7) is 5.50. The molecule has 0 heterocycles. The van der Waals surface area contributed by atoms with E-state index < -0.39 is 11.5 Å². The van der Waals surface area contributed by atoms with E-state index in [9.17, 15) is 9.90 Å². The van der Waals surface area contributed by atoms with Crippen molar-refractivity contribution in [3.8, 4) is 0 Å². The predicted molar refractivity (Wildman–Crippen MR) is 85.2 cm³/mol. The van der Waals surface area contributed by atoms with Crippen molar-refractivity contribution in [1.29, 1.82) is 0 Å². The van der Waals surface area contributed by atoms with Crippen molar-refractivity contribution in [2.45, 2.75) is 32.3 Å². The molecule has 0 aromatic heterocycles. The molecule has 2 N–H and O–H groups in total. The van der Waals surface area contributed by atoms with E-state index in [2.05, 4.69) is 5.32 Å². The van der Waals surface area contributed by atoms with Gasteiger partial charge in [0.1, 0.15) is 0 Å². The molecule has 0 bridgehead atoms. The topological polar surface area (TPSA) is 49.3 Å². The molecule has 3 heteroatoms. The minimum Gasteiger partial charge on any atom is -0.389 e. The number of carbonyl (C=O) groups is 1. The Morgan fingerprint density at radius 1 is 1.10 bits per heavy atom. The third-order valence-corrected chi connectivity index (χ3v) is 3.69. The Labute approximate surface area is 125 Å². The number of hydrogen-bond donors (Lipinski definition) is 2. The molecule has 0 radical (unpaired) electrons. The molecule has 0 spiro atoms. The highest BCUT2D eigenvalue weighted by molar-refractivity contribution is 5.98. The molecule has 110 valence electrons. The summed E-state index contributed by atoms with van der Waals surface area (Å²) in [5.41, 5.74) is 1.82. The minimum atomic E-state index is -0.623. The molecular formula is C18H21NO2. The Hall–Kier alpha value is -2.13. The first-order valence-electron chi connectivity index (χ1n) is 7.06. The smallest absolute Gasteiger partial charge is 0.234 e. The normalized spacial score (nSPS) is 12.8. The third kappa shape index (κ3) is 3.50. The molecule has 21 heavy (non-hydrogen) atoms. The van der Waals surface area contributed by atoms with Gasteiger partial charge in [0.05, 0.1) is 11.5 Å². The number of amides is 1. The van der Waals surface area contributed by atoms with Crippen LogP contribution < -0.4 is 5.32 Å². The highest BCUT2D eigenvalue weighted by Crippen LogP contribution is 2.25. The maximum absolute atomic E-state index is 12.5. The average molecular weight is 283 g/mol. The first kappa shape index (κ1) is 15.3. The van der Waals surface area contributed by atoms with Gasteiger partial charge in [-0.3, -0.25) is 4.79 Å². The van der Waals surface area contributed by atoms with Gasteiger partial charge in [0.15, 0.2) is 0 Å². The van der Waals surface area contributed by atoms with Crippen LogP contribution in [0.4, 0.5) is 5.69 Å². The number of anilines is 1. The summed E-state index contributed by atoms with van der Waals surface area (Å²) >= 11 is 0. The number of rotatable bonds is 4. The van der Waals surface area contributed by atoms with Gasteiger partial charge >= 0.3 is 0 Å². The number of hydrogen-bond acceptors (Lipinski definition) is 2. The molecule has 1 unspecified atom stereocenters. The molecule has 2 aromatic rings. The Morgan fingerprint density at radius 3 is 2.38 bits per heavy atom. The van der Waals surface area contributed by atoms with E-state index in [4.69, 9.17) is 0 Å². The Morgan fingerprint density at radius 2 is 1.76 bits per heavy atom. The van der Waals surface area contributed by atoms with Gasteiger partial charge in [0.25, 0.3) is 0 Å². The molecule has 0 aliphatic rings. The van der Waals surface area contributed by atoms with Crippen LogP contribution in [0, 0.1) is 0 Å². The molecule has 0 aliphatic carbocycles. The fraction of sp³-hybridized carbons (Fsp3) is 0.278. The van der Waals surface area contributed by atoms with E-state index in [1.54, 1.807) is 13.0 Å². The van der Waals surface area contributed by atoms with Gasteiger partial charge in [0.2, 0.25) is 5.91 Å². The van der Waals surface area contributed by atoms with Crippen LogP contribution in [0.15, 0.2) is 54.6 Å². The zero-order valence-corrected chi connectivity index (χ0v) is 12.6. The molecule has 3 nitrogen and oxygen atoms in total. The van der Waals surface area contributed by atoms with Crippen molar-refractivity contribution in [2.24, 2.45) is 0 Å². The first-order valence-corrected chi connectivity index (χ1v) is 7.06. The van der Waals surface area contributed by atoms with E-state index in [0.717, 1.165) is 11.1 Å². The molecule has 1 atom stereocenters. The van der Waals surface area contributed by atoms with Crippen LogP contribution in [0.3, 0.4) is 0 Å². The summed E-state index contributed by atoms with van der Waals surface area (Å²) in [5.74, 6) is -0.0727. The van der Waals surface area contributed by atoms with Gasteiger partial charge in [-0.15, -0.1) is 0 Å². The van der Waals surface area contributed by atoms with Crippen LogP contribution >= 0.6 is 0 Å². The summed E-state index contributed by atoms with van der Waals surface area (Å²) in [7, 11) is 0. The second-order valence-corrected chi connectivity index (χ2v) is 5.75. The lowest BCUT2D eigenvalue weighted by atomic mass is 9.83. The highest BCUT2D eigenvalue weighted by Gasteiger charge is 2.29. The Kier molecular flexibility index (Phi) is 4.43. The SMILES string of the molecule is CC(O)c1cccc(NC(=O)C(C)(C)c2ccccc2)c1. The van der Waals surface area contributed by atoms with Crippen molar-refractivity contribution in [1.82, 2.24) is 0 Å². The summed E-state index contributed by atoms with van der Waals surface area (Å²) in [4.78, 5) is 12.5. The highest BCUT2D eigenvalue weighted by atomic mass is 16.3. The zero-order valence-electron chi connectivity index (χ0n) is 12.6. The fourth-order valence-corrected chi connectivity index (χ4v) is 2.15. The van der Waals surface area contributed by atoms with Gasteiger partial charge in [-0.05, 0) is 44.0 Å². The molecular weight excluding hydrogens is 262 g/mol. The lowest BCUT2D eigenvalue weighted by Gasteiger charge is -2.24. The van der Waals surface area contributed by atoms with E-state index in [-0.39, 0.29) is 5.91 Å². The summed E-state index contributed by atoms with van der Waals surface area (Å²) in [6, 6.07) is 17.0. The quantitative estimate of drug-likeness (QED) is 0.899. The first-order chi connectivity index (χ1) is 9.91. The molecule has 1 amide bonds. The van der Waals surface area contributed by atoms with Crippen LogP contribution in [-0.4, -0.2) is 11.0 Å². The van der Waals surface area contributed by atoms with E-state index >= 15 is 0 Å². The van der Waals surface area contributed by atoms with Crippen molar-refractivity contribution < 1.29 is 9.90 Å². The molecule has 0 saturated heterocycles. The number of aliphatic hydroxyl groups is 1. The van der Waals surface area contributed by atoms with Crippen LogP contribution in [0.1, 0.15) is 38.0 Å². The lowest BCUT2D eigenvalue weighted by Crippen LogP contribution is -2.34. The number of nitrogens with one attached hydrogen (secondary N) is 1. The van der Waals surface area contributed by atoms with Gasteiger partial charge in [-0.1, -0.05) is 42.5 Å². The molecule has 0 saturated carbocycles. The lowest BCUT2D eigenvalue weighted by molar-refractivity contribution is -0.120. The van der Waals surface area contributed by atoms with Gasteiger partial charge < -0.3 is 10.4 Å². The van der Waals surface area contributed by atoms with Gasteiger partial charge in [0, 0.05) is 5.69 Å². The largest absolute Gasteiger partial charge is 0.389 e. The van der Waals surface area contributed by atoms with Crippen molar-refractivity contribution in [2.75, 3.05) is 5.32 Å². The molecule has 2 aromatic carbocycles. The zero-order chi connectivity index (χ0) is 15.5. The van der Waals surface area contributed by atoms with E-state index in [1.807, 2.05) is 62.4 Å². The van der Waals surface area contributed by atoms with Crippen LogP contribution in [0.25, 0.3) is 0 Å². The molecule has 0 fully saturated rings. The number of aliphatic hydroxyl groups excluding tert-OH is 1. The third-order valence-electron chi connectivity index (χ3n) is 3.69. The molecule has 2 rings (SSSR count).